The number of nitriles is 1. The van der Waals surface area contributed by atoms with Gasteiger partial charge in [0.25, 0.3) is 0 Å². The second-order valence-electron chi connectivity index (χ2n) is 14.9. The lowest BCUT2D eigenvalue weighted by Crippen LogP contribution is -2.42. The van der Waals surface area contributed by atoms with Gasteiger partial charge in [-0.3, -0.25) is 0 Å². The van der Waals surface area contributed by atoms with E-state index < -0.39 is 0 Å². The molecule has 0 N–H and O–H groups in total. The lowest BCUT2D eigenvalue weighted by Gasteiger charge is -2.50. The second kappa shape index (κ2) is 12.3. The molecule has 9 rings (SSSR count). The van der Waals surface area contributed by atoms with E-state index in [-0.39, 0.29) is 5.41 Å². The number of rotatable bonds is 5. The molecule has 5 aromatic carbocycles. The third-order valence-corrected chi connectivity index (χ3v) is 12.2. The Morgan fingerprint density at radius 2 is 1.14 bits per heavy atom. The highest BCUT2D eigenvalue weighted by Crippen LogP contribution is 2.54. The maximum absolute atomic E-state index is 9.39. The maximum atomic E-state index is 9.39. The van der Waals surface area contributed by atoms with Crippen molar-refractivity contribution >= 4 is 31.5 Å². The van der Waals surface area contributed by atoms with Crippen LogP contribution in [0.4, 0.5) is 0 Å². The lowest BCUT2D eigenvalue weighted by atomic mass is 9.54. The Morgan fingerprint density at radius 1 is 0.580 bits per heavy atom. The van der Waals surface area contributed by atoms with E-state index in [1.807, 2.05) is 30.3 Å². The molecule has 244 valence electrons. The summed E-state index contributed by atoms with van der Waals surface area (Å²) in [7, 11) is 0. The van der Waals surface area contributed by atoms with E-state index in [2.05, 4.69) is 105 Å². The highest BCUT2D eigenvalue weighted by molar-refractivity contribution is 7.25. The number of thiophene rings is 1. The number of fused-ring (bicyclic) bond motifs is 5. The van der Waals surface area contributed by atoms with E-state index in [9.17, 15) is 5.26 Å². The van der Waals surface area contributed by atoms with Gasteiger partial charge in [0.05, 0.1) is 11.6 Å². The summed E-state index contributed by atoms with van der Waals surface area (Å²) >= 11 is 1.73. The normalized spacial score (nSPS) is 21.7. The van der Waals surface area contributed by atoms with Crippen molar-refractivity contribution < 1.29 is 0 Å². The first-order chi connectivity index (χ1) is 24.4. The fourth-order valence-electron chi connectivity index (χ4n) is 9.25. The van der Waals surface area contributed by atoms with Gasteiger partial charge in [-0.1, -0.05) is 105 Å². The van der Waals surface area contributed by atoms with Crippen LogP contribution in [0.5, 0.6) is 0 Å². The summed E-state index contributed by atoms with van der Waals surface area (Å²) in [5.41, 5.74) is 7.64. The zero-order valence-corrected chi connectivity index (χ0v) is 29.3. The number of benzene rings is 5. The second-order valence-corrected chi connectivity index (χ2v) is 16.0. The van der Waals surface area contributed by atoms with Crippen LogP contribution in [0.15, 0.2) is 115 Å². The first-order valence-electron chi connectivity index (χ1n) is 17.8. The Hall–Kier alpha value is -5.18. The molecular weight excluding hydrogens is 629 g/mol. The summed E-state index contributed by atoms with van der Waals surface area (Å²) < 4.78 is 2.34. The molecule has 0 radical (unpaired) electrons. The van der Waals surface area contributed by atoms with Gasteiger partial charge in [0.1, 0.15) is 0 Å². The number of hydrogen-bond donors (Lipinski definition) is 0. The maximum Gasteiger partial charge on any atom is 0.164 e. The minimum Gasteiger partial charge on any atom is -0.208 e. The molecule has 4 atom stereocenters. The van der Waals surface area contributed by atoms with Gasteiger partial charge in [0.15, 0.2) is 17.5 Å². The third-order valence-electron chi connectivity index (χ3n) is 11.1. The van der Waals surface area contributed by atoms with E-state index in [0.717, 1.165) is 50.3 Å². The Labute approximate surface area is 297 Å². The molecule has 2 heterocycles. The Balaban J connectivity index is 1.10. The average Bonchev–Trinajstić information content (AvgIpc) is 3.51. The van der Waals surface area contributed by atoms with Gasteiger partial charge in [0, 0.05) is 36.9 Å². The highest BCUT2D eigenvalue weighted by Gasteiger charge is 2.45. The van der Waals surface area contributed by atoms with Crippen molar-refractivity contribution in [2.45, 2.75) is 51.4 Å². The summed E-state index contributed by atoms with van der Waals surface area (Å²) in [5, 5.41) is 11.8. The molecule has 2 aliphatic rings. The smallest absolute Gasteiger partial charge is 0.164 e. The molecule has 7 aromatic rings. The van der Waals surface area contributed by atoms with E-state index in [4.69, 9.17) is 15.0 Å². The summed E-state index contributed by atoms with van der Waals surface area (Å²) in [4.78, 5) is 15.2. The number of nitrogens with zero attached hydrogens (tertiary/aromatic N) is 4. The summed E-state index contributed by atoms with van der Waals surface area (Å²) in [5.74, 6) is 4.43. The number of hydrogen-bond acceptors (Lipinski definition) is 5. The molecule has 0 saturated heterocycles. The molecule has 0 aliphatic heterocycles. The molecule has 0 spiro atoms. The SMILES string of the molecule is C[C@@H]1CC2C[C@H](C)CC(c3ccc(-c4nc(-c5ccccc5)nc(-c5cccc(-c6ccc7c(c6)sc6cc(C#N)ccc67)c5)n4)cc3)(C2)C1. The van der Waals surface area contributed by atoms with Crippen LogP contribution >= 0.6 is 11.3 Å². The van der Waals surface area contributed by atoms with E-state index in [1.165, 1.54) is 53.1 Å². The highest BCUT2D eigenvalue weighted by atomic mass is 32.1. The summed E-state index contributed by atoms with van der Waals surface area (Å²) in [6.45, 7) is 4.90. The van der Waals surface area contributed by atoms with E-state index in [0.29, 0.717) is 23.0 Å². The Morgan fingerprint density at radius 3 is 1.84 bits per heavy atom. The van der Waals surface area contributed by atoms with Gasteiger partial charge in [-0.05, 0) is 96.2 Å². The van der Waals surface area contributed by atoms with Crippen LogP contribution in [0.1, 0.15) is 57.1 Å². The molecular formula is C45H38N4S. The monoisotopic (exact) mass is 666 g/mol. The zero-order valence-electron chi connectivity index (χ0n) is 28.4. The van der Waals surface area contributed by atoms with E-state index >= 15 is 0 Å². The minimum absolute atomic E-state index is 0.289. The first-order valence-corrected chi connectivity index (χ1v) is 18.6. The Bertz CT molecular complexity index is 2400. The molecule has 2 fully saturated rings. The van der Waals surface area contributed by atoms with Crippen LogP contribution in [0.25, 0.3) is 65.5 Å². The molecule has 5 heteroatoms. The van der Waals surface area contributed by atoms with Crippen LogP contribution in [-0.4, -0.2) is 15.0 Å². The molecule has 2 unspecified atom stereocenters. The summed E-state index contributed by atoms with van der Waals surface area (Å²) in [6.07, 6.45) is 6.66. The third kappa shape index (κ3) is 5.58. The molecule has 50 heavy (non-hydrogen) atoms. The molecule has 2 saturated carbocycles. The van der Waals surface area contributed by atoms with Gasteiger partial charge in [0.2, 0.25) is 0 Å². The topological polar surface area (TPSA) is 62.5 Å². The van der Waals surface area contributed by atoms with E-state index in [1.54, 1.807) is 11.3 Å². The average molecular weight is 667 g/mol. The molecule has 2 aromatic heterocycles. The summed E-state index contributed by atoms with van der Waals surface area (Å²) in [6, 6.07) is 42.8. The van der Waals surface area contributed by atoms with Crippen LogP contribution in [0, 0.1) is 29.1 Å². The molecule has 0 amide bonds. The molecule has 2 aliphatic carbocycles. The van der Waals surface area contributed by atoms with Gasteiger partial charge in [-0.15, -0.1) is 11.3 Å². The van der Waals surface area contributed by atoms with Crippen molar-refractivity contribution in [1.82, 2.24) is 15.0 Å². The fourth-order valence-corrected chi connectivity index (χ4v) is 10.4. The largest absolute Gasteiger partial charge is 0.208 e. The van der Waals surface area contributed by atoms with Gasteiger partial charge >= 0.3 is 0 Å². The first kappa shape index (κ1) is 30.8. The predicted molar refractivity (Wildman–Crippen MR) is 206 cm³/mol. The van der Waals surface area contributed by atoms with Crippen LogP contribution in [0.2, 0.25) is 0 Å². The van der Waals surface area contributed by atoms with Crippen LogP contribution in [0.3, 0.4) is 0 Å². The van der Waals surface area contributed by atoms with Crippen molar-refractivity contribution in [3.05, 3.63) is 126 Å². The Kier molecular flexibility index (Phi) is 7.59. The minimum atomic E-state index is 0.289. The van der Waals surface area contributed by atoms with Crippen molar-refractivity contribution in [2.75, 3.05) is 0 Å². The van der Waals surface area contributed by atoms with Crippen molar-refractivity contribution in [3.8, 4) is 51.4 Å². The van der Waals surface area contributed by atoms with Crippen LogP contribution < -0.4 is 0 Å². The standard InChI is InChI=1S/C45H38N4S/c1-28-19-31-20-29(2)25-45(24-28,26-31)37-15-12-33(13-16-37)43-47-42(32-7-4-3-5-8-32)48-44(49-43)36-10-6-9-34(22-36)35-14-18-39-38-17-11-30(27-46)21-40(38)50-41(39)23-35/h3-18,21-23,28-29,31H,19-20,24-26H2,1-2H3/t28-,29+,31?,45?. The molecule has 4 nitrogen and oxygen atoms in total. The predicted octanol–water partition coefficient (Wildman–Crippen LogP) is 11.9. The lowest BCUT2D eigenvalue weighted by molar-refractivity contribution is 0.0780. The quantitative estimate of drug-likeness (QED) is 0.183. The van der Waals surface area contributed by atoms with Crippen molar-refractivity contribution in [1.29, 1.82) is 5.26 Å². The zero-order chi connectivity index (χ0) is 33.8. The van der Waals surface area contributed by atoms with Gasteiger partial charge in [-0.25, -0.2) is 15.0 Å². The van der Waals surface area contributed by atoms with Crippen LogP contribution in [-0.2, 0) is 5.41 Å². The van der Waals surface area contributed by atoms with Crippen molar-refractivity contribution in [2.24, 2.45) is 17.8 Å². The van der Waals surface area contributed by atoms with Gasteiger partial charge < -0.3 is 0 Å². The number of aromatic nitrogens is 3. The van der Waals surface area contributed by atoms with Crippen molar-refractivity contribution in [3.63, 3.8) is 0 Å². The fraction of sp³-hybridized carbons (Fsp3) is 0.244. The molecule has 2 bridgehead atoms. The van der Waals surface area contributed by atoms with Gasteiger partial charge in [-0.2, -0.15) is 5.26 Å².